The third kappa shape index (κ3) is 3.78. The van der Waals surface area contributed by atoms with Crippen LogP contribution in [0.2, 0.25) is 5.02 Å². The second-order valence-electron chi connectivity index (χ2n) is 8.78. The predicted molar refractivity (Wildman–Crippen MR) is 121 cm³/mol. The number of hydrogen-bond acceptors (Lipinski definition) is 5. The number of nitrogens with zero attached hydrogens (tertiary/aromatic N) is 1. The van der Waals surface area contributed by atoms with Crippen LogP contribution in [0.15, 0.2) is 24.3 Å². The highest BCUT2D eigenvalue weighted by molar-refractivity contribution is 9.12. The normalized spacial score (nSPS) is 32.5. The summed E-state index contributed by atoms with van der Waals surface area (Å²) in [6.07, 6.45) is 0.818. The first-order chi connectivity index (χ1) is 14.6. The van der Waals surface area contributed by atoms with E-state index in [-0.39, 0.29) is 45.0 Å². The second kappa shape index (κ2) is 8.60. The highest BCUT2D eigenvalue weighted by Gasteiger charge is 2.67. The molecule has 3 aliphatic rings. The lowest BCUT2D eigenvalue weighted by atomic mass is 9.81. The number of Topliss-reactive ketones (excluding diaryl/α,β-unsaturated/α-hetero) is 1. The molecule has 2 saturated carbocycles. The third-order valence-corrected chi connectivity index (χ3v) is 10.1. The monoisotopic (exact) mass is 573 g/mol. The number of ketones is 1. The van der Waals surface area contributed by atoms with Crippen molar-refractivity contribution in [2.24, 2.45) is 29.6 Å². The molecule has 1 heterocycles. The van der Waals surface area contributed by atoms with Crippen molar-refractivity contribution in [2.75, 3.05) is 6.61 Å². The van der Waals surface area contributed by atoms with Crippen LogP contribution in [0, 0.1) is 29.6 Å². The quantitative estimate of drug-likeness (QED) is 0.223. The van der Waals surface area contributed by atoms with Crippen LogP contribution >= 0.6 is 43.5 Å². The Labute approximate surface area is 202 Å². The first-order valence-corrected chi connectivity index (χ1v) is 12.4. The van der Waals surface area contributed by atoms with Gasteiger partial charge in [-0.05, 0) is 48.4 Å². The molecule has 6 nitrogen and oxygen atoms in total. The Morgan fingerprint density at radius 1 is 1.06 bits per heavy atom. The van der Waals surface area contributed by atoms with E-state index in [0.717, 1.165) is 11.3 Å². The summed E-state index contributed by atoms with van der Waals surface area (Å²) in [4.78, 5) is 53.2. The molecular weight excluding hydrogens is 554 g/mol. The summed E-state index contributed by atoms with van der Waals surface area (Å²) in [7, 11) is 0. The van der Waals surface area contributed by atoms with Gasteiger partial charge in [0, 0.05) is 20.2 Å². The van der Waals surface area contributed by atoms with E-state index in [0.29, 0.717) is 10.6 Å². The number of carbonyl (C=O) groups is 4. The molecule has 166 valence electrons. The van der Waals surface area contributed by atoms with Gasteiger partial charge < -0.3 is 4.74 Å². The van der Waals surface area contributed by atoms with E-state index >= 15 is 0 Å². The van der Waals surface area contributed by atoms with E-state index in [1.54, 1.807) is 38.1 Å². The van der Waals surface area contributed by atoms with Crippen LogP contribution < -0.4 is 0 Å². The number of amides is 2. The maximum Gasteiger partial charge on any atom is 0.330 e. The summed E-state index contributed by atoms with van der Waals surface area (Å²) in [5.41, 5.74) is 0.365. The van der Waals surface area contributed by atoms with Gasteiger partial charge in [-0.3, -0.25) is 19.3 Å². The number of rotatable bonds is 6. The Balaban J connectivity index is 1.49. The largest absolute Gasteiger partial charge is 0.456 e. The van der Waals surface area contributed by atoms with Gasteiger partial charge in [-0.15, -0.1) is 0 Å². The van der Waals surface area contributed by atoms with Crippen molar-refractivity contribution in [3.05, 3.63) is 34.9 Å². The number of fused-ring (bicyclic) bond motifs is 5. The number of hydrogen-bond donors (Lipinski definition) is 0. The smallest absolute Gasteiger partial charge is 0.330 e. The van der Waals surface area contributed by atoms with E-state index in [1.165, 1.54) is 0 Å². The van der Waals surface area contributed by atoms with Gasteiger partial charge in [-0.2, -0.15) is 0 Å². The summed E-state index contributed by atoms with van der Waals surface area (Å²) >= 11 is 13.2. The summed E-state index contributed by atoms with van der Waals surface area (Å²) in [5.74, 6) is -2.74. The fourth-order valence-corrected chi connectivity index (χ4v) is 7.26. The molecule has 1 saturated heterocycles. The molecule has 0 aromatic heterocycles. The molecule has 31 heavy (non-hydrogen) atoms. The lowest BCUT2D eigenvalue weighted by molar-refractivity contribution is -0.160. The third-order valence-electron chi connectivity index (χ3n) is 6.68. The Morgan fingerprint density at radius 3 is 2.06 bits per heavy atom. The minimum Gasteiger partial charge on any atom is -0.456 e. The number of benzene rings is 1. The van der Waals surface area contributed by atoms with E-state index in [1.807, 2.05) is 0 Å². The number of carbonyl (C=O) groups excluding carboxylic acids is 4. The standard InChI is InChI=1S/C22H22Br2ClNO5/c1-9(2)19(22(30)31-8-14(27)10-3-5-11(25)6-4-10)26-20(28)15-12-7-13(16(15)21(26)29)18(24)17(12)23/h3-6,9,12-13,15-19H,7-8H2,1-2H3/t12-,13-,15-,16-,17-,18+,19-/m1/s1. The van der Waals surface area contributed by atoms with Crippen molar-refractivity contribution in [2.45, 2.75) is 36.0 Å². The molecule has 7 atom stereocenters. The first kappa shape index (κ1) is 22.9. The molecule has 0 N–H and O–H groups in total. The number of esters is 1. The Morgan fingerprint density at radius 2 is 1.58 bits per heavy atom. The van der Waals surface area contributed by atoms with Crippen molar-refractivity contribution in [3.8, 4) is 0 Å². The van der Waals surface area contributed by atoms with Crippen LogP contribution in [-0.4, -0.2) is 50.8 Å². The maximum absolute atomic E-state index is 13.3. The Bertz CT molecular complexity index is 904. The average molecular weight is 576 g/mol. The zero-order chi connectivity index (χ0) is 22.6. The van der Waals surface area contributed by atoms with Crippen LogP contribution in [0.5, 0.6) is 0 Å². The van der Waals surface area contributed by atoms with Crippen molar-refractivity contribution >= 4 is 67.0 Å². The predicted octanol–water partition coefficient (Wildman–Crippen LogP) is 3.87. The molecule has 0 radical (unpaired) electrons. The van der Waals surface area contributed by atoms with Crippen LogP contribution in [0.4, 0.5) is 0 Å². The number of imide groups is 1. The molecule has 1 aromatic carbocycles. The Hall–Kier alpha value is -1.25. The van der Waals surface area contributed by atoms with Gasteiger partial charge in [0.2, 0.25) is 11.8 Å². The fraction of sp³-hybridized carbons (Fsp3) is 0.545. The number of likely N-dealkylation sites (tertiary alicyclic amines) is 1. The fourth-order valence-electron chi connectivity index (χ4n) is 5.26. The van der Waals surface area contributed by atoms with Gasteiger partial charge in [0.15, 0.2) is 12.4 Å². The van der Waals surface area contributed by atoms with Crippen LogP contribution in [0.25, 0.3) is 0 Å². The van der Waals surface area contributed by atoms with Gasteiger partial charge in [0.1, 0.15) is 6.04 Å². The van der Waals surface area contributed by atoms with Crippen LogP contribution in [-0.2, 0) is 19.1 Å². The van der Waals surface area contributed by atoms with Gasteiger partial charge in [0.05, 0.1) is 11.8 Å². The molecule has 2 aliphatic carbocycles. The first-order valence-electron chi connectivity index (χ1n) is 10.2. The minimum atomic E-state index is -1.05. The van der Waals surface area contributed by atoms with Crippen molar-refractivity contribution < 1.29 is 23.9 Å². The molecule has 1 aliphatic heterocycles. The zero-order valence-electron chi connectivity index (χ0n) is 17.0. The van der Waals surface area contributed by atoms with Gasteiger partial charge >= 0.3 is 5.97 Å². The van der Waals surface area contributed by atoms with E-state index in [4.69, 9.17) is 16.3 Å². The van der Waals surface area contributed by atoms with E-state index in [9.17, 15) is 19.2 Å². The summed E-state index contributed by atoms with van der Waals surface area (Å²) < 4.78 is 5.27. The van der Waals surface area contributed by atoms with E-state index in [2.05, 4.69) is 31.9 Å². The number of ether oxygens (including phenoxy) is 1. The summed E-state index contributed by atoms with van der Waals surface area (Å²) in [6, 6.07) is 5.21. The van der Waals surface area contributed by atoms with Crippen LogP contribution in [0.3, 0.4) is 0 Å². The maximum atomic E-state index is 13.3. The molecule has 1 aromatic rings. The summed E-state index contributed by atoms with van der Waals surface area (Å²) in [6.45, 7) is 3.05. The second-order valence-corrected chi connectivity index (χ2v) is 11.3. The molecule has 9 heteroatoms. The van der Waals surface area contributed by atoms with Crippen LogP contribution in [0.1, 0.15) is 30.6 Å². The topological polar surface area (TPSA) is 80.8 Å². The van der Waals surface area contributed by atoms with Gasteiger partial charge in [-0.1, -0.05) is 57.3 Å². The molecule has 0 spiro atoms. The Kier molecular flexibility index (Phi) is 6.36. The van der Waals surface area contributed by atoms with Crippen molar-refractivity contribution in [1.82, 2.24) is 4.90 Å². The zero-order valence-corrected chi connectivity index (χ0v) is 20.9. The molecule has 4 rings (SSSR count). The SMILES string of the molecule is CC(C)[C@H](C(=O)OCC(=O)c1ccc(Cl)cc1)N1C(=O)[C@@H]2[C@H]3C[C@@H]([C@@H](Br)[C@H]3Br)[C@H]2C1=O. The van der Waals surface area contributed by atoms with E-state index < -0.39 is 30.5 Å². The molecule has 0 unspecified atom stereocenters. The highest BCUT2D eigenvalue weighted by atomic mass is 79.9. The lowest BCUT2D eigenvalue weighted by Crippen LogP contribution is -2.50. The van der Waals surface area contributed by atoms with Crippen molar-refractivity contribution in [3.63, 3.8) is 0 Å². The average Bonchev–Trinajstić information content (AvgIpc) is 3.33. The van der Waals surface area contributed by atoms with Gasteiger partial charge in [-0.25, -0.2) is 4.79 Å². The molecule has 2 amide bonds. The number of alkyl halides is 2. The minimum absolute atomic E-state index is 0.0659. The highest BCUT2D eigenvalue weighted by Crippen LogP contribution is 2.60. The van der Waals surface area contributed by atoms with Gasteiger partial charge in [0.25, 0.3) is 0 Å². The summed E-state index contributed by atoms with van der Waals surface area (Å²) in [5, 5.41) is 0.496. The molecular formula is C22H22Br2ClNO5. The lowest BCUT2D eigenvalue weighted by Gasteiger charge is -2.28. The van der Waals surface area contributed by atoms with Crippen molar-refractivity contribution in [1.29, 1.82) is 0 Å². The molecule has 3 fully saturated rings. The molecule has 2 bridgehead atoms. The number of halogens is 3.